The molecule has 7 heteroatoms. The summed E-state index contributed by atoms with van der Waals surface area (Å²) >= 11 is 3.26. The number of thiophene rings is 1. The van der Waals surface area contributed by atoms with Gasteiger partial charge in [0, 0.05) is 50.1 Å². The number of ether oxygens (including phenoxy) is 1. The molecule has 3 rings (SSSR count). The van der Waals surface area contributed by atoms with Crippen molar-refractivity contribution in [3.8, 4) is 0 Å². The average Bonchev–Trinajstić information content (AvgIpc) is 3.20. The maximum Gasteiger partial charge on any atom is 0.273 e. The summed E-state index contributed by atoms with van der Waals surface area (Å²) in [4.78, 5) is 22.5. The van der Waals surface area contributed by atoms with Crippen LogP contribution < -0.4 is 0 Å². The number of amides is 1. The van der Waals surface area contributed by atoms with E-state index in [1.54, 1.807) is 18.4 Å². The van der Waals surface area contributed by atoms with Crippen molar-refractivity contribution in [1.29, 1.82) is 0 Å². The number of nitrogens with zero attached hydrogens (tertiary/aromatic N) is 3. The summed E-state index contributed by atoms with van der Waals surface area (Å²) < 4.78 is 5.05. The molecule has 1 aliphatic heterocycles. The second-order valence-corrected chi connectivity index (χ2v) is 7.18. The standard InChI is InChI=1S/C15H19N3O2S2/c1-20-10-14-16-13(11-22-14)15(19)18-6-4-17(5-7-18)9-12-3-2-8-21-12/h2-3,8,11H,4-7,9-10H2,1H3. The summed E-state index contributed by atoms with van der Waals surface area (Å²) in [7, 11) is 1.63. The molecule has 0 N–H and O–H groups in total. The van der Waals surface area contributed by atoms with Gasteiger partial charge >= 0.3 is 0 Å². The fraction of sp³-hybridized carbons (Fsp3) is 0.467. The summed E-state index contributed by atoms with van der Waals surface area (Å²) in [6.45, 7) is 4.81. The van der Waals surface area contributed by atoms with E-state index in [0.29, 0.717) is 12.3 Å². The third kappa shape index (κ3) is 3.73. The number of thiazole rings is 1. The Bertz CT molecular complexity index is 604. The quantitative estimate of drug-likeness (QED) is 0.840. The van der Waals surface area contributed by atoms with Crippen molar-refractivity contribution >= 4 is 28.6 Å². The predicted octanol–water partition coefficient (Wildman–Crippen LogP) is 2.31. The lowest BCUT2D eigenvalue weighted by Crippen LogP contribution is -2.48. The molecule has 1 fully saturated rings. The number of carbonyl (C=O) groups is 1. The minimum Gasteiger partial charge on any atom is -0.378 e. The Labute approximate surface area is 138 Å². The van der Waals surface area contributed by atoms with Crippen LogP contribution in [0.5, 0.6) is 0 Å². The van der Waals surface area contributed by atoms with E-state index in [2.05, 4.69) is 27.4 Å². The van der Waals surface area contributed by atoms with E-state index in [0.717, 1.165) is 37.7 Å². The molecule has 5 nitrogen and oxygen atoms in total. The first-order valence-corrected chi connectivity index (χ1v) is 8.99. The van der Waals surface area contributed by atoms with Crippen molar-refractivity contribution in [2.75, 3.05) is 33.3 Å². The first-order valence-electron chi connectivity index (χ1n) is 7.23. The maximum atomic E-state index is 12.5. The molecule has 1 aliphatic rings. The predicted molar refractivity (Wildman–Crippen MR) is 88.3 cm³/mol. The van der Waals surface area contributed by atoms with Crippen LogP contribution in [0.2, 0.25) is 0 Å². The summed E-state index contributed by atoms with van der Waals surface area (Å²) in [5, 5.41) is 4.78. The van der Waals surface area contributed by atoms with Gasteiger partial charge in [0.2, 0.25) is 0 Å². The summed E-state index contributed by atoms with van der Waals surface area (Å²) in [6.07, 6.45) is 0. The highest BCUT2D eigenvalue weighted by atomic mass is 32.1. The van der Waals surface area contributed by atoms with E-state index < -0.39 is 0 Å². The van der Waals surface area contributed by atoms with Gasteiger partial charge in [-0.3, -0.25) is 9.69 Å². The number of carbonyl (C=O) groups excluding carboxylic acids is 1. The maximum absolute atomic E-state index is 12.5. The highest BCUT2D eigenvalue weighted by Gasteiger charge is 2.23. The molecule has 0 bridgehead atoms. The lowest BCUT2D eigenvalue weighted by atomic mass is 10.2. The first-order chi connectivity index (χ1) is 10.8. The minimum atomic E-state index is 0.0365. The van der Waals surface area contributed by atoms with Crippen molar-refractivity contribution in [2.45, 2.75) is 13.2 Å². The van der Waals surface area contributed by atoms with Crippen LogP contribution in [0.4, 0.5) is 0 Å². The largest absolute Gasteiger partial charge is 0.378 e. The summed E-state index contributed by atoms with van der Waals surface area (Å²) in [5.41, 5.74) is 0.545. The van der Waals surface area contributed by atoms with Crippen molar-refractivity contribution in [2.24, 2.45) is 0 Å². The smallest absolute Gasteiger partial charge is 0.273 e. The Morgan fingerprint density at radius 3 is 2.82 bits per heavy atom. The number of methoxy groups -OCH3 is 1. The van der Waals surface area contributed by atoms with Crippen LogP contribution in [0.15, 0.2) is 22.9 Å². The molecule has 0 saturated carbocycles. The van der Waals surface area contributed by atoms with Crippen LogP contribution in [-0.2, 0) is 17.9 Å². The monoisotopic (exact) mass is 337 g/mol. The Morgan fingerprint density at radius 2 is 2.14 bits per heavy atom. The highest BCUT2D eigenvalue weighted by Crippen LogP contribution is 2.16. The average molecular weight is 337 g/mol. The van der Waals surface area contributed by atoms with Gasteiger partial charge in [0.15, 0.2) is 0 Å². The van der Waals surface area contributed by atoms with Crippen molar-refractivity contribution in [3.63, 3.8) is 0 Å². The van der Waals surface area contributed by atoms with Gasteiger partial charge in [0.25, 0.3) is 5.91 Å². The van der Waals surface area contributed by atoms with Gasteiger partial charge in [-0.2, -0.15) is 0 Å². The van der Waals surface area contributed by atoms with E-state index in [-0.39, 0.29) is 5.91 Å². The number of rotatable bonds is 5. The molecule has 1 saturated heterocycles. The Kier molecular flexibility index (Phi) is 5.20. The van der Waals surface area contributed by atoms with E-state index in [9.17, 15) is 4.79 Å². The topological polar surface area (TPSA) is 45.7 Å². The summed E-state index contributed by atoms with van der Waals surface area (Å²) in [6, 6.07) is 4.24. The second-order valence-electron chi connectivity index (χ2n) is 5.21. The molecular formula is C15H19N3O2S2. The Morgan fingerprint density at radius 1 is 1.32 bits per heavy atom. The van der Waals surface area contributed by atoms with Gasteiger partial charge in [-0.05, 0) is 11.4 Å². The molecule has 2 aromatic rings. The normalized spacial score (nSPS) is 16.1. The summed E-state index contributed by atoms with van der Waals surface area (Å²) in [5.74, 6) is 0.0365. The molecule has 1 amide bonds. The van der Waals surface area contributed by atoms with Crippen molar-refractivity contribution in [1.82, 2.24) is 14.8 Å². The molecule has 3 heterocycles. The lowest BCUT2D eigenvalue weighted by molar-refractivity contribution is 0.0624. The zero-order valence-corrected chi connectivity index (χ0v) is 14.2. The zero-order valence-electron chi connectivity index (χ0n) is 12.5. The fourth-order valence-electron chi connectivity index (χ4n) is 2.49. The molecule has 118 valence electrons. The van der Waals surface area contributed by atoms with Crippen molar-refractivity contribution < 1.29 is 9.53 Å². The van der Waals surface area contributed by atoms with Crippen LogP contribution in [0.3, 0.4) is 0 Å². The van der Waals surface area contributed by atoms with Crippen LogP contribution in [0, 0.1) is 0 Å². The SMILES string of the molecule is COCc1nc(C(=O)N2CCN(Cc3cccs3)CC2)cs1. The molecule has 0 spiro atoms. The Hall–Kier alpha value is -1.28. The van der Waals surface area contributed by atoms with Crippen LogP contribution in [-0.4, -0.2) is 54.0 Å². The van der Waals surface area contributed by atoms with Gasteiger partial charge in [-0.15, -0.1) is 22.7 Å². The van der Waals surface area contributed by atoms with Crippen LogP contribution >= 0.6 is 22.7 Å². The van der Waals surface area contributed by atoms with Crippen LogP contribution in [0.1, 0.15) is 20.4 Å². The molecule has 0 unspecified atom stereocenters. The number of hydrogen-bond donors (Lipinski definition) is 0. The lowest BCUT2D eigenvalue weighted by Gasteiger charge is -2.34. The molecule has 0 aromatic carbocycles. The van der Waals surface area contributed by atoms with Gasteiger partial charge in [-0.1, -0.05) is 6.07 Å². The Balaban J connectivity index is 1.52. The number of aromatic nitrogens is 1. The van der Waals surface area contributed by atoms with Crippen LogP contribution in [0.25, 0.3) is 0 Å². The third-order valence-electron chi connectivity index (χ3n) is 3.66. The molecule has 2 aromatic heterocycles. The molecule has 0 aliphatic carbocycles. The van der Waals surface area contributed by atoms with E-state index >= 15 is 0 Å². The molecule has 0 atom stereocenters. The number of hydrogen-bond acceptors (Lipinski definition) is 6. The van der Waals surface area contributed by atoms with Gasteiger partial charge < -0.3 is 9.64 Å². The zero-order chi connectivity index (χ0) is 15.4. The van der Waals surface area contributed by atoms with Crippen molar-refractivity contribution in [3.05, 3.63) is 38.5 Å². The molecule has 0 radical (unpaired) electrons. The van der Waals surface area contributed by atoms with E-state index in [1.807, 2.05) is 10.3 Å². The fourth-order valence-corrected chi connectivity index (χ4v) is 3.98. The van der Waals surface area contributed by atoms with E-state index in [1.165, 1.54) is 16.2 Å². The minimum absolute atomic E-state index is 0.0365. The second kappa shape index (κ2) is 7.32. The number of piperazine rings is 1. The molecule has 22 heavy (non-hydrogen) atoms. The van der Waals surface area contributed by atoms with Gasteiger partial charge in [0.05, 0.1) is 6.61 Å². The molecular weight excluding hydrogens is 318 g/mol. The third-order valence-corrected chi connectivity index (χ3v) is 5.34. The van der Waals surface area contributed by atoms with Gasteiger partial charge in [0.1, 0.15) is 10.7 Å². The van der Waals surface area contributed by atoms with Gasteiger partial charge in [-0.25, -0.2) is 4.98 Å². The van der Waals surface area contributed by atoms with E-state index in [4.69, 9.17) is 4.74 Å². The highest BCUT2D eigenvalue weighted by molar-refractivity contribution is 7.10. The first kappa shape index (κ1) is 15.6.